The monoisotopic (exact) mass is 282 g/mol. The van der Waals surface area contributed by atoms with Gasteiger partial charge in [0.25, 0.3) is 0 Å². The average Bonchev–Trinajstić information content (AvgIpc) is 1.94. The summed E-state index contributed by atoms with van der Waals surface area (Å²) in [6, 6.07) is 0. The normalized spacial score (nSPS) is 31.8. The van der Waals surface area contributed by atoms with Crippen molar-refractivity contribution in [3.63, 3.8) is 0 Å². The maximum absolute atomic E-state index is 10.7. The summed E-state index contributed by atoms with van der Waals surface area (Å²) in [6.45, 7) is 4.36. The molecular weight excluding hydrogens is 267 g/mol. The lowest BCUT2D eigenvalue weighted by atomic mass is 9.85. The summed E-state index contributed by atoms with van der Waals surface area (Å²) < 4.78 is 2.28. The molecule has 0 bridgehead atoms. The standard InChI is InChI=1S/C8H15IN2O/c1-6-5-11(9)3-2-7(6)4-8(10)12/h6-7H,2-5H2,1H3,(H2,10,12). The van der Waals surface area contributed by atoms with E-state index in [9.17, 15) is 4.79 Å². The number of rotatable bonds is 2. The highest BCUT2D eigenvalue weighted by Gasteiger charge is 2.25. The first-order valence-corrected chi connectivity index (χ1v) is 5.25. The van der Waals surface area contributed by atoms with Gasteiger partial charge in [-0.05, 0) is 18.3 Å². The molecule has 1 fully saturated rings. The molecule has 2 atom stereocenters. The van der Waals surface area contributed by atoms with Crippen LogP contribution in [0.5, 0.6) is 0 Å². The predicted molar refractivity (Wildman–Crippen MR) is 56.7 cm³/mol. The molecule has 0 aromatic heterocycles. The van der Waals surface area contributed by atoms with Gasteiger partial charge in [0.15, 0.2) is 0 Å². The Bertz CT molecular complexity index is 174. The summed E-state index contributed by atoms with van der Waals surface area (Å²) in [6.07, 6.45) is 1.67. The van der Waals surface area contributed by atoms with Crippen LogP contribution in [-0.2, 0) is 4.79 Å². The lowest BCUT2D eigenvalue weighted by Gasteiger charge is -2.32. The second-order valence-electron chi connectivity index (χ2n) is 3.57. The van der Waals surface area contributed by atoms with Crippen LogP contribution in [0.4, 0.5) is 0 Å². The van der Waals surface area contributed by atoms with E-state index in [2.05, 4.69) is 32.9 Å². The van der Waals surface area contributed by atoms with Gasteiger partial charge in [-0.25, -0.2) is 3.11 Å². The van der Waals surface area contributed by atoms with Crippen molar-refractivity contribution < 1.29 is 4.79 Å². The molecule has 2 N–H and O–H groups in total. The van der Waals surface area contributed by atoms with Crippen molar-refractivity contribution in [1.82, 2.24) is 3.11 Å². The number of halogens is 1. The van der Waals surface area contributed by atoms with E-state index >= 15 is 0 Å². The van der Waals surface area contributed by atoms with Crippen LogP contribution < -0.4 is 5.73 Å². The lowest BCUT2D eigenvalue weighted by Crippen LogP contribution is -2.35. The minimum Gasteiger partial charge on any atom is -0.370 e. The summed E-state index contributed by atoms with van der Waals surface area (Å²) in [5.41, 5.74) is 5.17. The lowest BCUT2D eigenvalue weighted by molar-refractivity contribution is -0.119. The summed E-state index contributed by atoms with van der Waals surface area (Å²) in [5.74, 6) is 0.949. The van der Waals surface area contributed by atoms with Crippen LogP contribution in [0, 0.1) is 11.8 Å². The Labute approximate surface area is 87.2 Å². The molecule has 1 heterocycles. The van der Waals surface area contributed by atoms with Gasteiger partial charge in [0.05, 0.1) is 0 Å². The molecule has 2 unspecified atom stereocenters. The maximum atomic E-state index is 10.7. The van der Waals surface area contributed by atoms with Crippen LogP contribution in [0.1, 0.15) is 19.8 Å². The highest BCUT2D eigenvalue weighted by atomic mass is 127. The van der Waals surface area contributed by atoms with Gasteiger partial charge in [-0.2, -0.15) is 0 Å². The van der Waals surface area contributed by atoms with Crippen LogP contribution in [0.3, 0.4) is 0 Å². The zero-order valence-corrected chi connectivity index (χ0v) is 9.45. The Hall–Kier alpha value is 0.160. The zero-order valence-electron chi connectivity index (χ0n) is 7.29. The average molecular weight is 282 g/mol. The van der Waals surface area contributed by atoms with E-state index in [-0.39, 0.29) is 5.91 Å². The van der Waals surface area contributed by atoms with Crippen LogP contribution in [-0.4, -0.2) is 22.1 Å². The molecule has 0 radical (unpaired) electrons. The molecule has 1 saturated heterocycles. The SMILES string of the molecule is CC1CN(I)CCC1CC(N)=O. The fourth-order valence-corrected chi connectivity index (χ4v) is 2.60. The van der Waals surface area contributed by atoms with Crippen molar-refractivity contribution in [2.24, 2.45) is 17.6 Å². The number of hydrogen-bond donors (Lipinski definition) is 1. The smallest absolute Gasteiger partial charge is 0.217 e. The molecule has 70 valence electrons. The van der Waals surface area contributed by atoms with Crippen molar-refractivity contribution in [1.29, 1.82) is 0 Å². The largest absolute Gasteiger partial charge is 0.370 e. The van der Waals surface area contributed by atoms with Gasteiger partial charge < -0.3 is 5.73 Å². The Morgan fingerprint density at radius 1 is 1.75 bits per heavy atom. The van der Waals surface area contributed by atoms with Gasteiger partial charge in [-0.3, -0.25) is 4.79 Å². The third kappa shape index (κ3) is 2.90. The van der Waals surface area contributed by atoms with E-state index in [1.165, 1.54) is 0 Å². The van der Waals surface area contributed by atoms with Gasteiger partial charge in [-0.15, -0.1) is 0 Å². The molecular formula is C8H15IN2O. The molecule has 0 spiro atoms. The number of nitrogens with zero attached hydrogens (tertiary/aromatic N) is 1. The molecule has 0 aromatic carbocycles. The van der Waals surface area contributed by atoms with E-state index in [4.69, 9.17) is 5.73 Å². The highest BCUT2D eigenvalue weighted by molar-refractivity contribution is 14.1. The number of nitrogens with two attached hydrogens (primary N) is 1. The van der Waals surface area contributed by atoms with Crippen molar-refractivity contribution in [2.45, 2.75) is 19.8 Å². The number of carbonyl (C=O) groups is 1. The molecule has 0 saturated carbocycles. The van der Waals surface area contributed by atoms with Gasteiger partial charge in [0.2, 0.25) is 5.91 Å². The first-order valence-electron chi connectivity index (χ1n) is 4.28. The fraction of sp³-hybridized carbons (Fsp3) is 0.875. The number of amides is 1. The molecule has 1 amide bonds. The van der Waals surface area contributed by atoms with Gasteiger partial charge >= 0.3 is 0 Å². The minimum absolute atomic E-state index is 0.159. The summed E-state index contributed by atoms with van der Waals surface area (Å²) in [4.78, 5) is 10.7. The summed E-state index contributed by atoms with van der Waals surface area (Å²) in [5, 5.41) is 0. The van der Waals surface area contributed by atoms with E-state index in [0.717, 1.165) is 19.5 Å². The second kappa shape index (κ2) is 4.41. The second-order valence-corrected chi connectivity index (χ2v) is 4.93. The third-order valence-corrected chi connectivity index (χ3v) is 3.37. The van der Waals surface area contributed by atoms with Crippen molar-refractivity contribution in [3.05, 3.63) is 0 Å². The first kappa shape index (κ1) is 10.2. The van der Waals surface area contributed by atoms with Gasteiger partial charge in [-0.1, -0.05) is 6.92 Å². The van der Waals surface area contributed by atoms with Crippen LogP contribution >= 0.6 is 22.9 Å². The quantitative estimate of drug-likeness (QED) is 0.610. The predicted octanol–water partition coefficient (Wildman–Crippen LogP) is 1.17. The molecule has 1 rings (SSSR count). The van der Waals surface area contributed by atoms with Crippen LogP contribution in [0.15, 0.2) is 0 Å². The van der Waals surface area contributed by atoms with Crippen molar-refractivity contribution in [3.8, 4) is 0 Å². The Morgan fingerprint density at radius 2 is 2.42 bits per heavy atom. The molecule has 4 heteroatoms. The van der Waals surface area contributed by atoms with Gasteiger partial charge in [0, 0.05) is 42.4 Å². The maximum Gasteiger partial charge on any atom is 0.217 e. The van der Waals surface area contributed by atoms with Crippen molar-refractivity contribution >= 4 is 28.8 Å². The highest BCUT2D eigenvalue weighted by Crippen LogP contribution is 2.27. The molecule has 1 aliphatic rings. The summed E-state index contributed by atoms with van der Waals surface area (Å²) in [7, 11) is 0. The Balaban J connectivity index is 2.39. The minimum atomic E-state index is -0.159. The summed E-state index contributed by atoms with van der Waals surface area (Å²) >= 11 is 2.33. The number of carbonyl (C=O) groups excluding carboxylic acids is 1. The zero-order chi connectivity index (χ0) is 9.14. The van der Waals surface area contributed by atoms with Crippen LogP contribution in [0.2, 0.25) is 0 Å². The van der Waals surface area contributed by atoms with E-state index in [1.54, 1.807) is 0 Å². The fourth-order valence-electron chi connectivity index (χ4n) is 1.70. The molecule has 12 heavy (non-hydrogen) atoms. The van der Waals surface area contributed by atoms with E-state index < -0.39 is 0 Å². The van der Waals surface area contributed by atoms with Gasteiger partial charge in [0.1, 0.15) is 0 Å². The Morgan fingerprint density at radius 3 is 2.92 bits per heavy atom. The molecule has 3 nitrogen and oxygen atoms in total. The van der Waals surface area contributed by atoms with E-state index in [0.29, 0.717) is 18.3 Å². The number of piperidine rings is 1. The van der Waals surface area contributed by atoms with Crippen molar-refractivity contribution in [2.75, 3.05) is 13.1 Å². The third-order valence-electron chi connectivity index (χ3n) is 2.50. The first-order chi connectivity index (χ1) is 5.59. The number of primary amides is 1. The molecule has 0 aliphatic carbocycles. The number of hydrogen-bond acceptors (Lipinski definition) is 2. The topological polar surface area (TPSA) is 46.3 Å². The van der Waals surface area contributed by atoms with Crippen LogP contribution in [0.25, 0.3) is 0 Å². The Kier molecular flexibility index (Phi) is 3.77. The van der Waals surface area contributed by atoms with E-state index in [1.807, 2.05) is 0 Å². The molecule has 0 aromatic rings. The molecule has 1 aliphatic heterocycles.